The van der Waals surface area contributed by atoms with Crippen LogP contribution in [0.5, 0.6) is 0 Å². The van der Waals surface area contributed by atoms with Crippen molar-refractivity contribution in [2.45, 2.75) is 18.2 Å². The van der Waals surface area contributed by atoms with E-state index in [1.54, 1.807) is 17.8 Å². The van der Waals surface area contributed by atoms with Gasteiger partial charge in [-0.25, -0.2) is 0 Å². The van der Waals surface area contributed by atoms with Crippen molar-refractivity contribution in [1.82, 2.24) is 4.98 Å². The van der Waals surface area contributed by atoms with E-state index in [2.05, 4.69) is 17.2 Å². The third-order valence-electron chi connectivity index (χ3n) is 2.79. The fourth-order valence-corrected chi connectivity index (χ4v) is 2.50. The molecule has 110 valence electrons. The molecule has 0 saturated carbocycles. The molecule has 1 aromatic carbocycles. The molecule has 0 fully saturated rings. The van der Waals surface area contributed by atoms with Crippen LogP contribution in [-0.2, 0) is 0 Å². The first-order valence-electron chi connectivity index (χ1n) is 6.62. The first kappa shape index (κ1) is 15.2. The zero-order valence-corrected chi connectivity index (χ0v) is 12.5. The zero-order valence-electron chi connectivity index (χ0n) is 11.7. The number of amides is 1. The minimum Gasteiger partial charge on any atom is -0.397 e. The first-order valence-corrected chi connectivity index (χ1v) is 7.61. The van der Waals surface area contributed by atoms with E-state index >= 15 is 0 Å². The largest absolute Gasteiger partial charge is 0.397 e. The maximum Gasteiger partial charge on any atom is 0.257 e. The van der Waals surface area contributed by atoms with Gasteiger partial charge in [0, 0.05) is 17.2 Å². The second kappa shape index (κ2) is 6.99. The highest BCUT2D eigenvalue weighted by Crippen LogP contribution is 2.27. The Bertz CT molecular complexity index is 677. The van der Waals surface area contributed by atoms with Crippen molar-refractivity contribution >= 4 is 29.0 Å². The molecule has 4 N–H and O–H groups in total. The van der Waals surface area contributed by atoms with E-state index in [-0.39, 0.29) is 11.5 Å². The molecule has 0 bridgehead atoms. The summed E-state index contributed by atoms with van der Waals surface area (Å²) >= 11 is 1.71. The molecule has 0 radical (unpaired) electrons. The van der Waals surface area contributed by atoms with Gasteiger partial charge in [0.05, 0.1) is 16.9 Å². The molecule has 0 unspecified atom stereocenters. The summed E-state index contributed by atoms with van der Waals surface area (Å²) < 4.78 is 0. The number of hydrogen-bond donors (Lipinski definition) is 3. The molecular formula is C15H17N3O2S. The number of carbonyl (C=O) groups is 1. The Morgan fingerprint density at radius 3 is 2.81 bits per heavy atom. The van der Waals surface area contributed by atoms with Gasteiger partial charge < -0.3 is 16.0 Å². The number of aromatic amines is 1. The van der Waals surface area contributed by atoms with Crippen LogP contribution in [0.3, 0.4) is 0 Å². The van der Waals surface area contributed by atoms with Crippen LogP contribution in [0.4, 0.5) is 11.4 Å². The highest BCUT2D eigenvalue weighted by molar-refractivity contribution is 7.99. The van der Waals surface area contributed by atoms with E-state index in [0.717, 1.165) is 17.1 Å². The van der Waals surface area contributed by atoms with E-state index in [1.807, 2.05) is 12.1 Å². The van der Waals surface area contributed by atoms with Crippen molar-refractivity contribution in [3.05, 3.63) is 52.4 Å². The summed E-state index contributed by atoms with van der Waals surface area (Å²) in [6.45, 7) is 2.11. The number of hydrogen-bond acceptors (Lipinski definition) is 4. The smallest absolute Gasteiger partial charge is 0.257 e. The van der Waals surface area contributed by atoms with Crippen molar-refractivity contribution in [2.24, 2.45) is 0 Å². The van der Waals surface area contributed by atoms with Gasteiger partial charge >= 0.3 is 0 Å². The Balaban J connectivity index is 2.16. The molecule has 0 aliphatic heterocycles. The molecule has 2 aromatic rings. The molecule has 2 rings (SSSR count). The third kappa shape index (κ3) is 4.13. The number of nitrogen functional groups attached to an aromatic ring is 1. The Hall–Kier alpha value is -2.21. The van der Waals surface area contributed by atoms with Gasteiger partial charge in [-0.3, -0.25) is 9.59 Å². The molecule has 0 atom stereocenters. The molecule has 1 heterocycles. The number of nitrogens with two attached hydrogens (primary N) is 1. The van der Waals surface area contributed by atoms with Gasteiger partial charge in [-0.15, -0.1) is 11.8 Å². The predicted octanol–water partition coefficient (Wildman–Crippen LogP) is 2.71. The molecule has 0 spiro atoms. The molecule has 5 nitrogen and oxygen atoms in total. The maximum atomic E-state index is 12.1. The molecule has 1 aromatic heterocycles. The van der Waals surface area contributed by atoms with Crippen LogP contribution in [-0.4, -0.2) is 16.6 Å². The molecule has 6 heteroatoms. The average Bonchev–Trinajstić information content (AvgIpc) is 2.48. The van der Waals surface area contributed by atoms with Crippen molar-refractivity contribution < 1.29 is 4.79 Å². The van der Waals surface area contributed by atoms with Crippen LogP contribution >= 0.6 is 11.8 Å². The number of carbonyl (C=O) groups excluding carboxylic acids is 1. The van der Waals surface area contributed by atoms with Gasteiger partial charge in [0.15, 0.2) is 0 Å². The highest BCUT2D eigenvalue weighted by Gasteiger charge is 2.09. The van der Waals surface area contributed by atoms with Gasteiger partial charge in [0.2, 0.25) is 5.56 Å². The maximum absolute atomic E-state index is 12.1. The van der Waals surface area contributed by atoms with Gasteiger partial charge in [0.1, 0.15) is 0 Å². The number of pyridine rings is 1. The summed E-state index contributed by atoms with van der Waals surface area (Å²) in [5.41, 5.74) is 7.10. The lowest BCUT2D eigenvalue weighted by Crippen LogP contribution is -2.15. The predicted molar refractivity (Wildman–Crippen MR) is 86.9 cm³/mol. The van der Waals surface area contributed by atoms with Crippen LogP contribution in [0.25, 0.3) is 0 Å². The minimum absolute atomic E-state index is 0.246. The lowest BCUT2D eigenvalue weighted by molar-refractivity contribution is 0.102. The SMILES string of the molecule is CCCSc1ccc(N)c(NC(=O)c2ccc(=O)[nH]c2)c1. The Morgan fingerprint density at radius 1 is 1.33 bits per heavy atom. The second-order valence-corrected chi connectivity index (χ2v) is 5.66. The summed E-state index contributed by atoms with van der Waals surface area (Å²) in [4.78, 5) is 26.6. The number of benzene rings is 1. The minimum atomic E-state index is -0.310. The highest BCUT2D eigenvalue weighted by atomic mass is 32.2. The van der Waals surface area contributed by atoms with Gasteiger partial charge in [-0.1, -0.05) is 6.92 Å². The standard InChI is InChI=1S/C15H17N3O2S/c1-2-7-21-11-4-5-12(16)13(8-11)18-15(20)10-3-6-14(19)17-9-10/h3-6,8-9H,2,7,16H2,1H3,(H,17,19)(H,18,20). The van der Waals surface area contributed by atoms with Crippen LogP contribution in [0.2, 0.25) is 0 Å². The Kier molecular flexibility index (Phi) is 5.05. The quantitative estimate of drug-likeness (QED) is 0.585. The molecule has 0 aliphatic carbocycles. The van der Waals surface area contributed by atoms with Gasteiger partial charge in [0.25, 0.3) is 5.91 Å². The third-order valence-corrected chi connectivity index (χ3v) is 3.99. The van der Waals surface area contributed by atoms with E-state index in [4.69, 9.17) is 5.73 Å². The number of H-pyrrole nitrogens is 1. The topological polar surface area (TPSA) is 88.0 Å². The summed E-state index contributed by atoms with van der Waals surface area (Å²) in [6, 6.07) is 8.36. The van der Waals surface area contributed by atoms with Crippen molar-refractivity contribution in [1.29, 1.82) is 0 Å². The molecule has 0 aliphatic rings. The monoisotopic (exact) mass is 303 g/mol. The van der Waals surface area contributed by atoms with Crippen molar-refractivity contribution in [2.75, 3.05) is 16.8 Å². The van der Waals surface area contributed by atoms with Crippen LogP contribution < -0.4 is 16.6 Å². The van der Waals surface area contributed by atoms with Crippen molar-refractivity contribution in [3.63, 3.8) is 0 Å². The lowest BCUT2D eigenvalue weighted by atomic mass is 10.2. The van der Waals surface area contributed by atoms with E-state index in [0.29, 0.717) is 16.9 Å². The van der Waals surface area contributed by atoms with Crippen LogP contribution in [0.15, 0.2) is 46.2 Å². The second-order valence-electron chi connectivity index (χ2n) is 4.49. The van der Waals surface area contributed by atoms with Crippen LogP contribution in [0, 0.1) is 0 Å². The normalized spacial score (nSPS) is 10.3. The number of anilines is 2. The fourth-order valence-electron chi connectivity index (χ4n) is 1.70. The lowest BCUT2D eigenvalue weighted by Gasteiger charge is -2.10. The summed E-state index contributed by atoms with van der Waals surface area (Å²) in [5, 5.41) is 2.76. The molecule has 1 amide bonds. The van der Waals surface area contributed by atoms with E-state index < -0.39 is 0 Å². The molecule has 21 heavy (non-hydrogen) atoms. The summed E-state index contributed by atoms with van der Waals surface area (Å²) in [6.07, 6.45) is 2.46. The van der Waals surface area contributed by atoms with Crippen LogP contribution in [0.1, 0.15) is 23.7 Å². The molecule has 0 saturated heterocycles. The average molecular weight is 303 g/mol. The Labute approximate surface area is 127 Å². The van der Waals surface area contributed by atoms with Crippen molar-refractivity contribution in [3.8, 4) is 0 Å². The zero-order chi connectivity index (χ0) is 15.2. The Morgan fingerprint density at radius 2 is 2.14 bits per heavy atom. The van der Waals surface area contributed by atoms with Gasteiger partial charge in [-0.05, 0) is 36.4 Å². The summed E-state index contributed by atoms with van der Waals surface area (Å²) in [7, 11) is 0. The fraction of sp³-hybridized carbons (Fsp3) is 0.200. The number of aromatic nitrogens is 1. The van der Waals surface area contributed by atoms with Gasteiger partial charge in [-0.2, -0.15) is 0 Å². The summed E-state index contributed by atoms with van der Waals surface area (Å²) in [5.74, 6) is 0.702. The van der Waals surface area contributed by atoms with E-state index in [9.17, 15) is 9.59 Å². The number of thioether (sulfide) groups is 1. The first-order chi connectivity index (χ1) is 10.1. The molecular weight excluding hydrogens is 286 g/mol. The van der Waals surface area contributed by atoms with E-state index in [1.165, 1.54) is 18.3 Å². The number of rotatable bonds is 5. The number of nitrogens with one attached hydrogen (secondary N) is 2.